The lowest BCUT2D eigenvalue weighted by Crippen LogP contribution is -1.97. The van der Waals surface area contributed by atoms with E-state index in [0.29, 0.717) is 10.6 Å². The van der Waals surface area contributed by atoms with Crippen molar-refractivity contribution in [2.75, 3.05) is 5.43 Å². The Morgan fingerprint density at radius 2 is 2.13 bits per heavy atom. The van der Waals surface area contributed by atoms with Gasteiger partial charge < -0.3 is 0 Å². The van der Waals surface area contributed by atoms with Gasteiger partial charge in [-0.25, -0.2) is 5.43 Å². The first-order valence-corrected chi connectivity index (χ1v) is 4.93. The minimum absolute atomic E-state index is 0.322. The maximum Gasteiger partial charge on any atom is 0.283 e. The fourth-order valence-corrected chi connectivity index (χ4v) is 1.30. The molecule has 7 heteroatoms. The summed E-state index contributed by atoms with van der Waals surface area (Å²) in [4.78, 5) is 0. The van der Waals surface area contributed by atoms with Gasteiger partial charge in [-0.15, -0.1) is 5.10 Å². The van der Waals surface area contributed by atoms with Gasteiger partial charge >= 0.3 is 0 Å². The maximum atomic E-state index is 4.04. The van der Waals surface area contributed by atoms with E-state index in [0.717, 1.165) is 5.56 Å². The Kier molecular flexibility index (Phi) is 3.03. The molecular formula is C8H7BrN6. The van der Waals surface area contributed by atoms with E-state index in [1.807, 2.05) is 30.3 Å². The summed E-state index contributed by atoms with van der Waals surface area (Å²) in [7, 11) is 0. The predicted octanol–water partition coefficient (Wildman–Crippen LogP) is 1.37. The molecule has 1 aromatic carbocycles. The SMILES string of the molecule is Br/C(=N\Nc1nn[nH]n1)c1ccccc1. The molecular weight excluding hydrogens is 260 g/mol. The van der Waals surface area contributed by atoms with Gasteiger partial charge in [0.25, 0.3) is 5.95 Å². The fraction of sp³-hybridized carbons (Fsp3) is 0. The van der Waals surface area contributed by atoms with Gasteiger partial charge in [0.2, 0.25) is 0 Å². The number of tetrazole rings is 1. The lowest BCUT2D eigenvalue weighted by Gasteiger charge is -1.97. The number of nitrogens with zero attached hydrogens (tertiary/aromatic N) is 4. The minimum Gasteiger partial charge on any atom is -0.241 e. The molecule has 0 spiro atoms. The van der Waals surface area contributed by atoms with Gasteiger partial charge in [-0.2, -0.15) is 10.3 Å². The Bertz CT molecular complexity index is 437. The molecule has 0 saturated heterocycles. The highest BCUT2D eigenvalue weighted by atomic mass is 79.9. The predicted molar refractivity (Wildman–Crippen MR) is 59.7 cm³/mol. The number of hydrogen-bond donors (Lipinski definition) is 2. The first-order chi connectivity index (χ1) is 7.36. The number of aromatic nitrogens is 4. The Balaban J connectivity index is 2.08. The summed E-state index contributed by atoms with van der Waals surface area (Å²) in [5, 5.41) is 17.1. The van der Waals surface area contributed by atoms with Gasteiger partial charge in [0.05, 0.1) is 0 Å². The number of H-pyrrole nitrogens is 1. The van der Waals surface area contributed by atoms with Crippen molar-refractivity contribution in [1.29, 1.82) is 0 Å². The van der Waals surface area contributed by atoms with Crippen LogP contribution in [-0.4, -0.2) is 25.2 Å². The van der Waals surface area contributed by atoms with E-state index in [2.05, 4.69) is 47.1 Å². The average Bonchev–Trinajstić information content (AvgIpc) is 2.80. The molecule has 0 fully saturated rings. The number of aromatic amines is 1. The van der Waals surface area contributed by atoms with Gasteiger partial charge in [-0.05, 0) is 21.1 Å². The fourth-order valence-electron chi connectivity index (χ4n) is 0.948. The van der Waals surface area contributed by atoms with Crippen molar-refractivity contribution in [2.24, 2.45) is 5.10 Å². The summed E-state index contributed by atoms with van der Waals surface area (Å²) in [6.07, 6.45) is 0. The van der Waals surface area contributed by atoms with Crippen molar-refractivity contribution in [3.8, 4) is 0 Å². The van der Waals surface area contributed by atoms with Crippen molar-refractivity contribution in [3.05, 3.63) is 35.9 Å². The number of nitrogens with one attached hydrogen (secondary N) is 2. The molecule has 0 unspecified atom stereocenters. The first-order valence-electron chi connectivity index (χ1n) is 4.14. The van der Waals surface area contributed by atoms with Crippen molar-refractivity contribution >= 4 is 26.5 Å². The van der Waals surface area contributed by atoms with Crippen LogP contribution < -0.4 is 5.43 Å². The Morgan fingerprint density at radius 1 is 1.33 bits per heavy atom. The van der Waals surface area contributed by atoms with Crippen LogP contribution >= 0.6 is 15.9 Å². The average molecular weight is 267 g/mol. The summed E-state index contributed by atoms with van der Waals surface area (Å²) in [6, 6.07) is 9.67. The molecule has 0 bridgehead atoms. The molecule has 6 nitrogen and oxygen atoms in total. The molecule has 0 atom stereocenters. The molecule has 1 heterocycles. The summed E-state index contributed by atoms with van der Waals surface area (Å²) < 4.78 is 0.674. The highest BCUT2D eigenvalue weighted by Gasteiger charge is 1.98. The lowest BCUT2D eigenvalue weighted by molar-refractivity contribution is 0.881. The Labute approximate surface area is 93.9 Å². The molecule has 0 saturated carbocycles. The number of halogens is 1. The summed E-state index contributed by atoms with van der Waals surface area (Å²) >= 11 is 3.33. The quantitative estimate of drug-likeness (QED) is 0.650. The molecule has 15 heavy (non-hydrogen) atoms. The first kappa shape index (κ1) is 9.78. The van der Waals surface area contributed by atoms with E-state index in [4.69, 9.17) is 0 Å². The number of rotatable bonds is 3. The number of hydrazone groups is 1. The second-order valence-corrected chi connectivity index (χ2v) is 3.37. The van der Waals surface area contributed by atoms with Gasteiger partial charge in [0.1, 0.15) is 4.62 Å². The van der Waals surface area contributed by atoms with Crippen molar-refractivity contribution in [2.45, 2.75) is 0 Å². The highest BCUT2D eigenvalue weighted by molar-refractivity contribution is 9.18. The normalized spacial score (nSPS) is 11.4. The summed E-state index contributed by atoms with van der Waals surface area (Å²) in [5.41, 5.74) is 3.61. The van der Waals surface area contributed by atoms with E-state index in [-0.39, 0.29) is 0 Å². The second-order valence-electron chi connectivity index (χ2n) is 2.62. The minimum atomic E-state index is 0.322. The summed E-state index contributed by atoms with van der Waals surface area (Å²) in [5.74, 6) is 0.322. The van der Waals surface area contributed by atoms with Crippen LogP contribution in [0.4, 0.5) is 5.95 Å². The van der Waals surface area contributed by atoms with Crippen LogP contribution in [0.25, 0.3) is 0 Å². The molecule has 0 radical (unpaired) electrons. The molecule has 0 aliphatic heterocycles. The monoisotopic (exact) mass is 266 g/mol. The Hall–Kier alpha value is -1.76. The van der Waals surface area contributed by atoms with Gasteiger partial charge in [-0.1, -0.05) is 35.4 Å². The number of anilines is 1. The number of benzene rings is 1. The van der Waals surface area contributed by atoms with Gasteiger partial charge in [-0.3, -0.25) is 0 Å². The zero-order valence-electron chi connectivity index (χ0n) is 7.55. The van der Waals surface area contributed by atoms with E-state index >= 15 is 0 Å². The molecule has 1 aromatic heterocycles. The van der Waals surface area contributed by atoms with Crippen LogP contribution in [-0.2, 0) is 0 Å². The van der Waals surface area contributed by atoms with E-state index in [1.54, 1.807) is 0 Å². The highest BCUT2D eigenvalue weighted by Crippen LogP contribution is 2.06. The topological polar surface area (TPSA) is 78.9 Å². The molecule has 76 valence electrons. The smallest absolute Gasteiger partial charge is 0.241 e. The van der Waals surface area contributed by atoms with Crippen LogP contribution in [0.2, 0.25) is 0 Å². The van der Waals surface area contributed by atoms with E-state index in [9.17, 15) is 0 Å². The third kappa shape index (κ3) is 2.59. The van der Waals surface area contributed by atoms with Crippen LogP contribution in [0.3, 0.4) is 0 Å². The second kappa shape index (κ2) is 4.65. The van der Waals surface area contributed by atoms with Gasteiger partial charge in [0, 0.05) is 5.56 Å². The molecule has 2 N–H and O–H groups in total. The Morgan fingerprint density at radius 3 is 2.80 bits per heavy atom. The largest absolute Gasteiger partial charge is 0.283 e. The molecule has 2 aromatic rings. The lowest BCUT2D eigenvalue weighted by atomic mass is 10.2. The third-order valence-corrected chi connectivity index (χ3v) is 2.25. The zero-order chi connectivity index (χ0) is 10.5. The third-order valence-electron chi connectivity index (χ3n) is 1.61. The number of hydrogen-bond acceptors (Lipinski definition) is 5. The van der Waals surface area contributed by atoms with E-state index < -0.39 is 0 Å². The van der Waals surface area contributed by atoms with E-state index in [1.165, 1.54) is 0 Å². The van der Waals surface area contributed by atoms with Gasteiger partial charge in [0.15, 0.2) is 0 Å². The van der Waals surface area contributed by atoms with Crippen LogP contribution in [0.5, 0.6) is 0 Å². The molecule has 0 aliphatic carbocycles. The molecule has 0 aliphatic rings. The maximum absolute atomic E-state index is 4.04. The standard InChI is InChI=1S/C8H7BrN6/c9-7(6-4-2-1-3-5-6)10-11-8-12-14-15-13-8/h1-5H,(H2,11,12,13,14,15)/b10-7-. The van der Waals surface area contributed by atoms with Crippen molar-refractivity contribution in [3.63, 3.8) is 0 Å². The van der Waals surface area contributed by atoms with Crippen molar-refractivity contribution in [1.82, 2.24) is 20.6 Å². The molecule has 2 rings (SSSR count). The van der Waals surface area contributed by atoms with Crippen LogP contribution in [0.1, 0.15) is 5.56 Å². The molecule has 0 amide bonds. The van der Waals surface area contributed by atoms with Crippen LogP contribution in [0, 0.1) is 0 Å². The van der Waals surface area contributed by atoms with Crippen LogP contribution in [0.15, 0.2) is 35.4 Å². The van der Waals surface area contributed by atoms with Crippen molar-refractivity contribution < 1.29 is 0 Å². The summed E-state index contributed by atoms with van der Waals surface area (Å²) in [6.45, 7) is 0. The zero-order valence-corrected chi connectivity index (χ0v) is 9.14.